The van der Waals surface area contributed by atoms with E-state index in [9.17, 15) is 9.59 Å². The van der Waals surface area contributed by atoms with Crippen LogP contribution in [0.3, 0.4) is 0 Å². The predicted octanol–water partition coefficient (Wildman–Crippen LogP) is 4.57. The van der Waals surface area contributed by atoms with E-state index in [1.54, 1.807) is 18.5 Å². The van der Waals surface area contributed by atoms with Crippen molar-refractivity contribution in [2.24, 2.45) is 0 Å². The molecule has 0 bridgehead atoms. The molecule has 2 aromatic heterocycles. The maximum Gasteiger partial charge on any atom is 0.267 e. The Morgan fingerprint density at radius 1 is 1.19 bits per heavy atom. The van der Waals surface area contributed by atoms with Crippen LogP contribution in [0, 0.1) is 13.8 Å². The van der Waals surface area contributed by atoms with Crippen molar-refractivity contribution in [3.63, 3.8) is 0 Å². The second-order valence-electron chi connectivity index (χ2n) is 8.88. The second kappa shape index (κ2) is 11.9. The molecule has 1 aliphatic rings. The third-order valence-corrected chi connectivity index (χ3v) is 6.95. The number of hydrogen-bond donors (Lipinski definition) is 3. The molecule has 0 spiro atoms. The first-order valence-electron chi connectivity index (χ1n) is 12.0. The Hall–Kier alpha value is -3.63. The topological polar surface area (TPSA) is 112 Å². The van der Waals surface area contributed by atoms with Gasteiger partial charge in [0.25, 0.3) is 5.91 Å². The molecule has 0 aliphatic carbocycles. The summed E-state index contributed by atoms with van der Waals surface area (Å²) in [5, 5.41) is 10.1. The van der Waals surface area contributed by atoms with Gasteiger partial charge in [-0.25, -0.2) is 9.97 Å². The minimum Gasteiger partial charge on any atom is -0.350 e. The highest BCUT2D eigenvalue weighted by molar-refractivity contribution is 7.17. The van der Waals surface area contributed by atoms with E-state index in [1.165, 1.54) is 17.4 Å². The highest BCUT2D eigenvalue weighted by atomic mass is 32.1. The molecule has 3 aromatic rings. The number of aromatic nitrogens is 3. The van der Waals surface area contributed by atoms with Crippen molar-refractivity contribution in [3.05, 3.63) is 65.3 Å². The maximum absolute atomic E-state index is 12.8. The number of aryl methyl sites for hydroxylation is 2. The van der Waals surface area contributed by atoms with E-state index in [0.717, 1.165) is 49.2 Å². The molecular formula is C26H31N7O2S. The first-order valence-corrected chi connectivity index (χ1v) is 12.8. The number of thiazole rings is 1. The van der Waals surface area contributed by atoms with Crippen molar-refractivity contribution < 1.29 is 9.59 Å². The van der Waals surface area contributed by atoms with Crippen LogP contribution in [0.4, 0.5) is 22.6 Å². The number of carbonyl (C=O) groups excluding carboxylic acids is 2. The zero-order chi connectivity index (χ0) is 25.5. The summed E-state index contributed by atoms with van der Waals surface area (Å²) < 4.78 is 0. The number of para-hydroxylation sites is 1. The summed E-state index contributed by atoms with van der Waals surface area (Å²) in [7, 11) is 0. The fraction of sp³-hybridized carbons (Fsp3) is 0.346. The van der Waals surface area contributed by atoms with Gasteiger partial charge in [0, 0.05) is 24.5 Å². The maximum atomic E-state index is 12.8. The number of anilines is 4. The zero-order valence-corrected chi connectivity index (χ0v) is 21.4. The minimum atomic E-state index is -0.198. The van der Waals surface area contributed by atoms with Crippen LogP contribution in [0.25, 0.3) is 0 Å². The lowest BCUT2D eigenvalue weighted by Gasteiger charge is -2.24. The first-order chi connectivity index (χ1) is 17.4. The van der Waals surface area contributed by atoms with Crippen LogP contribution in [0.1, 0.15) is 40.1 Å². The number of nitrogens with one attached hydrogen (secondary N) is 3. The van der Waals surface area contributed by atoms with Crippen molar-refractivity contribution in [1.29, 1.82) is 0 Å². The number of likely N-dealkylation sites (tertiary alicyclic amines) is 1. The Bertz CT molecular complexity index is 1220. The van der Waals surface area contributed by atoms with Crippen LogP contribution >= 0.6 is 11.3 Å². The lowest BCUT2D eigenvalue weighted by Crippen LogP contribution is -2.38. The highest BCUT2D eigenvalue weighted by Gasteiger charge is 2.20. The number of amides is 1. The minimum absolute atomic E-state index is 0.0311. The van der Waals surface area contributed by atoms with Crippen molar-refractivity contribution in [2.75, 3.05) is 35.6 Å². The molecule has 3 heterocycles. The lowest BCUT2D eigenvalue weighted by atomic mass is 10.1. The van der Waals surface area contributed by atoms with Gasteiger partial charge in [0.05, 0.1) is 12.7 Å². The number of ketones is 1. The van der Waals surface area contributed by atoms with E-state index in [2.05, 4.69) is 42.4 Å². The number of hydrogen-bond acceptors (Lipinski definition) is 9. The average molecular weight is 506 g/mol. The van der Waals surface area contributed by atoms with Crippen LogP contribution < -0.4 is 16.0 Å². The van der Waals surface area contributed by atoms with Crippen LogP contribution in [-0.2, 0) is 4.79 Å². The van der Waals surface area contributed by atoms with Crippen molar-refractivity contribution >= 4 is 45.6 Å². The van der Waals surface area contributed by atoms with E-state index < -0.39 is 0 Å². The molecular weight excluding hydrogens is 474 g/mol. The molecule has 36 heavy (non-hydrogen) atoms. The molecule has 1 atom stereocenters. The Morgan fingerprint density at radius 3 is 2.78 bits per heavy atom. The van der Waals surface area contributed by atoms with Gasteiger partial charge in [0.15, 0.2) is 10.9 Å². The van der Waals surface area contributed by atoms with E-state index in [1.807, 2.05) is 32.0 Å². The van der Waals surface area contributed by atoms with Gasteiger partial charge < -0.3 is 16.0 Å². The monoisotopic (exact) mass is 505 g/mol. The summed E-state index contributed by atoms with van der Waals surface area (Å²) in [6.45, 7) is 9.53. The van der Waals surface area contributed by atoms with E-state index in [-0.39, 0.29) is 17.7 Å². The third-order valence-electron chi connectivity index (χ3n) is 6.04. The van der Waals surface area contributed by atoms with E-state index in [4.69, 9.17) is 0 Å². The van der Waals surface area contributed by atoms with E-state index >= 15 is 0 Å². The smallest absolute Gasteiger partial charge is 0.267 e. The quantitative estimate of drug-likeness (QED) is 0.363. The standard InChI is InChI=1S/C26H31N7O2S/c1-4-20(34)16-33-13-6-5-10-19(15-33)29-25-27-12-11-22(30-25)31-26-28-14-21(36-26)24(35)32-23-17(2)8-7-9-18(23)3/h4,7-9,11-12,14,19H,1,5-6,10,13,15-16H2,2-3H3,(H,32,35)(H2,27,28,29,30,31). The van der Waals surface area contributed by atoms with Gasteiger partial charge in [-0.3, -0.25) is 14.5 Å². The number of carbonyl (C=O) groups is 2. The molecule has 0 radical (unpaired) electrons. The lowest BCUT2D eigenvalue weighted by molar-refractivity contribution is -0.115. The largest absolute Gasteiger partial charge is 0.350 e. The molecule has 9 nitrogen and oxygen atoms in total. The molecule has 188 valence electrons. The molecule has 1 saturated heterocycles. The first kappa shape index (κ1) is 25.5. The Morgan fingerprint density at radius 2 is 2.00 bits per heavy atom. The summed E-state index contributed by atoms with van der Waals surface area (Å²) in [4.78, 5) is 40.5. The zero-order valence-electron chi connectivity index (χ0n) is 20.6. The van der Waals surface area contributed by atoms with Crippen LogP contribution in [0.15, 0.2) is 49.3 Å². The molecule has 4 rings (SSSR count). The number of benzene rings is 1. The van der Waals surface area contributed by atoms with Gasteiger partial charge in [-0.15, -0.1) is 0 Å². The normalized spacial score (nSPS) is 16.1. The molecule has 1 aromatic carbocycles. The number of nitrogens with zero attached hydrogens (tertiary/aromatic N) is 4. The Labute approximate surface area is 215 Å². The molecule has 3 N–H and O–H groups in total. The summed E-state index contributed by atoms with van der Waals surface area (Å²) in [6, 6.07) is 7.80. The summed E-state index contributed by atoms with van der Waals surface area (Å²) in [6.07, 6.45) is 7.71. The molecule has 1 aliphatic heterocycles. The van der Waals surface area contributed by atoms with Crippen molar-refractivity contribution in [1.82, 2.24) is 19.9 Å². The highest BCUT2D eigenvalue weighted by Crippen LogP contribution is 2.25. The van der Waals surface area contributed by atoms with Gasteiger partial charge in [-0.2, -0.15) is 4.98 Å². The van der Waals surface area contributed by atoms with E-state index in [0.29, 0.717) is 28.3 Å². The van der Waals surface area contributed by atoms with Gasteiger partial charge in [-0.1, -0.05) is 42.5 Å². The molecule has 1 fully saturated rings. The van der Waals surface area contributed by atoms with Crippen LogP contribution in [0.2, 0.25) is 0 Å². The second-order valence-corrected chi connectivity index (χ2v) is 9.91. The summed E-state index contributed by atoms with van der Waals surface area (Å²) in [5.74, 6) is 0.918. The molecule has 1 unspecified atom stereocenters. The van der Waals surface area contributed by atoms with Gasteiger partial charge >= 0.3 is 0 Å². The molecule has 10 heteroatoms. The summed E-state index contributed by atoms with van der Waals surface area (Å²) >= 11 is 1.26. The molecule has 1 amide bonds. The predicted molar refractivity (Wildman–Crippen MR) is 144 cm³/mol. The fourth-order valence-corrected chi connectivity index (χ4v) is 4.90. The Balaban J connectivity index is 1.38. The SMILES string of the molecule is C=CC(=O)CN1CCCCC(Nc2nccc(Nc3ncc(C(=O)Nc4c(C)cccc4C)s3)n2)C1. The van der Waals surface area contributed by atoms with Gasteiger partial charge in [0.2, 0.25) is 5.95 Å². The fourth-order valence-electron chi connectivity index (χ4n) is 4.18. The Kier molecular flexibility index (Phi) is 8.40. The third kappa shape index (κ3) is 6.73. The van der Waals surface area contributed by atoms with Gasteiger partial charge in [-0.05, 0) is 56.5 Å². The van der Waals surface area contributed by atoms with Crippen molar-refractivity contribution in [2.45, 2.75) is 39.2 Å². The van der Waals surface area contributed by atoms with Crippen LogP contribution in [0.5, 0.6) is 0 Å². The van der Waals surface area contributed by atoms with Gasteiger partial charge in [0.1, 0.15) is 10.7 Å². The average Bonchev–Trinajstić information content (AvgIpc) is 3.21. The van der Waals surface area contributed by atoms with Crippen molar-refractivity contribution in [3.8, 4) is 0 Å². The number of rotatable bonds is 9. The summed E-state index contributed by atoms with van der Waals surface area (Å²) in [5.41, 5.74) is 2.84. The van der Waals surface area contributed by atoms with Crippen LogP contribution in [-0.4, -0.2) is 57.2 Å². The molecule has 0 saturated carbocycles.